The van der Waals surface area contributed by atoms with Gasteiger partial charge in [-0.25, -0.2) is 5.10 Å². The first-order valence-corrected chi connectivity index (χ1v) is 9.98. The SMILES string of the molecule is O=C(Cc1n[nH]c(=O)c2ccccc12)N[C@H](c1ccccc1)c1cc2ccccc2o1. The van der Waals surface area contributed by atoms with Gasteiger partial charge in [0.1, 0.15) is 17.4 Å². The lowest BCUT2D eigenvalue weighted by atomic mass is 10.0. The number of H-pyrrole nitrogens is 1. The Labute approximate surface area is 177 Å². The van der Waals surface area contributed by atoms with E-state index in [-0.39, 0.29) is 17.9 Å². The molecule has 0 aliphatic carbocycles. The number of carbonyl (C=O) groups is 1. The van der Waals surface area contributed by atoms with Crippen molar-refractivity contribution in [3.63, 3.8) is 0 Å². The van der Waals surface area contributed by atoms with E-state index < -0.39 is 6.04 Å². The van der Waals surface area contributed by atoms with Crippen molar-refractivity contribution in [3.8, 4) is 0 Å². The van der Waals surface area contributed by atoms with Crippen molar-refractivity contribution in [2.24, 2.45) is 0 Å². The van der Waals surface area contributed by atoms with Crippen molar-refractivity contribution < 1.29 is 9.21 Å². The quantitative estimate of drug-likeness (QED) is 0.457. The molecule has 5 rings (SSSR count). The second-order valence-electron chi connectivity index (χ2n) is 7.32. The van der Waals surface area contributed by atoms with E-state index in [1.807, 2.05) is 66.7 Å². The Morgan fingerprint density at radius 1 is 0.935 bits per heavy atom. The molecular formula is C25H19N3O3. The Kier molecular flexibility index (Phi) is 4.80. The maximum Gasteiger partial charge on any atom is 0.272 e. The minimum absolute atomic E-state index is 0.0286. The highest BCUT2D eigenvalue weighted by atomic mass is 16.3. The molecule has 0 saturated heterocycles. The number of hydrogen-bond donors (Lipinski definition) is 2. The standard InChI is InChI=1S/C25H19N3O3/c29-23(15-20-18-11-5-6-12-19(18)25(30)28-27-20)26-24(16-8-2-1-3-9-16)22-14-17-10-4-7-13-21(17)31-22/h1-14,24H,15H2,(H,26,29)(H,28,30)/t24-/m1/s1. The monoisotopic (exact) mass is 409 g/mol. The van der Waals surface area contributed by atoms with Crippen molar-refractivity contribution in [1.29, 1.82) is 0 Å². The van der Waals surface area contributed by atoms with Gasteiger partial charge in [-0.1, -0.05) is 66.7 Å². The van der Waals surface area contributed by atoms with Crippen LogP contribution >= 0.6 is 0 Å². The number of nitrogens with zero attached hydrogens (tertiary/aromatic N) is 1. The Hall–Kier alpha value is -4.19. The molecule has 0 radical (unpaired) electrons. The van der Waals surface area contributed by atoms with Crippen LogP contribution in [0.4, 0.5) is 0 Å². The van der Waals surface area contributed by atoms with Crippen molar-refractivity contribution in [2.45, 2.75) is 12.5 Å². The summed E-state index contributed by atoms with van der Waals surface area (Å²) in [6.07, 6.45) is 0.0286. The number of benzene rings is 3. The minimum Gasteiger partial charge on any atom is -0.459 e. The van der Waals surface area contributed by atoms with E-state index >= 15 is 0 Å². The molecule has 31 heavy (non-hydrogen) atoms. The summed E-state index contributed by atoms with van der Waals surface area (Å²) in [5, 5.41) is 11.8. The fraction of sp³-hybridized carbons (Fsp3) is 0.0800. The van der Waals surface area contributed by atoms with Gasteiger partial charge in [-0.05, 0) is 23.8 Å². The summed E-state index contributed by atoms with van der Waals surface area (Å²) in [5.41, 5.74) is 1.92. The molecule has 2 aromatic heterocycles. The Morgan fingerprint density at radius 2 is 1.65 bits per heavy atom. The van der Waals surface area contributed by atoms with E-state index in [1.165, 1.54) is 0 Å². The van der Waals surface area contributed by atoms with E-state index in [0.29, 0.717) is 22.2 Å². The maximum absolute atomic E-state index is 13.0. The van der Waals surface area contributed by atoms with E-state index in [9.17, 15) is 9.59 Å². The number of fused-ring (bicyclic) bond motifs is 2. The molecule has 0 bridgehead atoms. The predicted octanol–water partition coefficient (Wildman–Crippen LogP) is 4.12. The molecule has 6 nitrogen and oxygen atoms in total. The second kappa shape index (κ2) is 7.91. The lowest BCUT2D eigenvalue weighted by Crippen LogP contribution is -2.31. The molecule has 3 aromatic carbocycles. The Bertz CT molecular complexity index is 1400. The average molecular weight is 409 g/mol. The third-order valence-electron chi connectivity index (χ3n) is 5.27. The highest BCUT2D eigenvalue weighted by Crippen LogP contribution is 2.28. The molecule has 6 heteroatoms. The summed E-state index contributed by atoms with van der Waals surface area (Å²) in [4.78, 5) is 25.0. The fourth-order valence-electron chi connectivity index (χ4n) is 3.78. The van der Waals surface area contributed by atoms with Gasteiger partial charge in [-0.2, -0.15) is 5.10 Å². The third-order valence-corrected chi connectivity index (χ3v) is 5.27. The summed E-state index contributed by atoms with van der Waals surface area (Å²) in [6, 6.07) is 26.0. The van der Waals surface area contributed by atoms with Crippen molar-refractivity contribution in [3.05, 3.63) is 112 Å². The molecule has 0 fully saturated rings. The molecular weight excluding hydrogens is 390 g/mol. The van der Waals surface area contributed by atoms with Crippen LogP contribution in [0.5, 0.6) is 0 Å². The van der Waals surface area contributed by atoms with E-state index in [2.05, 4.69) is 15.5 Å². The molecule has 0 saturated carbocycles. The number of furan rings is 1. The van der Waals surface area contributed by atoms with Gasteiger partial charge >= 0.3 is 0 Å². The summed E-state index contributed by atoms with van der Waals surface area (Å²) in [7, 11) is 0. The van der Waals surface area contributed by atoms with Crippen LogP contribution in [-0.4, -0.2) is 16.1 Å². The van der Waals surface area contributed by atoms with Crippen LogP contribution in [0.1, 0.15) is 23.1 Å². The molecule has 152 valence electrons. The zero-order chi connectivity index (χ0) is 21.2. The van der Waals surface area contributed by atoms with Crippen LogP contribution in [0.15, 0.2) is 94.1 Å². The zero-order valence-electron chi connectivity index (χ0n) is 16.5. The van der Waals surface area contributed by atoms with Gasteiger partial charge in [0, 0.05) is 10.8 Å². The van der Waals surface area contributed by atoms with Gasteiger partial charge in [0.15, 0.2) is 0 Å². The largest absolute Gasteiger partial charge is 0.459 e. The molecule has 0 aliphatic rings. The van der Waals surface area contributed by atoms with E-state index in [0.717, 1.165) is 16.5 Å². The number of rotatable bonds is 5. The second-order valence-corrected chi connectivity index (χ2v) is 7.32. The van der Waals surface area contributed by atoms with Crippen LogP contribution in [0, 0.1) is 0 Å². The van der Waals surface area contributed by atoms with Gasteiger partial charge in [-0.3, -0.25) is 9.59 Å². The number of aromatic amines is 1. The molecule has 0 spiro atoms. The predicted molar refractivity (Wildman–Crippen MR) is 119 cm³/mol. The smallest absolute Gasteiger partial charge is 0.272 e. The van der Waals surface area contributed by atoms with Gasteiger partial charge < -0.3 is 9.73 Å². The molecule has 1 amide bonds. The van der Waals surface area contributed by atoms with E-state index in [1.54, 1.807) is 18.2 Å². The topological polar surface area (TPSA) is 88.0 Å². The highest BCUT2D eigenvalue weighted by molar-refractivity contribution is 5.88. The number of para-hydroxylation sites is 1. The van der Waals surface area contributed by atoms with Crippen molar-refractivity contribution in [1.82, 2.24) is 15.5 Å². The number of hydrogen-bond acceptors (Lipinski definition) is 4. The molecule has 2 N–H and O–H groups in total. The van der Waals surface area contributed by atoms with Crippen LogP contribution in [0.3, 0.4) is 0 Å². The number of carbonyl (C=O) groups excluding carboxylic acids is 1. The van der Waals surface area contributed by atoms with Gasteiger partial charge in [-0.15, -0.1) is 0 Å². The minimum atomic E-state index is -0.449. The summed E-state index contributed by atoms with van der Waals surface area (Å²) >= 11 is 0. The van der Waals surface area contributed by atoms with E-state index in [4.69, 9.17) is 4.42 Å². The number of nitrogens with one attached hydrogen (secondary N) is 2. The maximum atomic E-state index is 13.0. The molecule has 1 atom stereocenters. The van der Waals surface area contributed by atoms with Crippen LogP contribution in [0.2, 0.25) is 0 Å². The van der Waals surface area contributed by atoms with Gasteiger partial charge in [0.25, 0.3) is 5.56 Å². The summed E-state index contributed by atoms with van der Waals surface area (Å²) < 4.78 is 6.04. The van der Waals surface area contributed by atoms with Gasteiger partial charge in [0.2, 0.25) is 5.91 Å². The first-order valence-electron chi connectivity index (χ1n) is 9.98. The number of amides is 1. The van der Waals surface area contributed by atoms with Crippen LogP contribution < -0.4 is 10.9 Å². The highest BCUT2D eigenvalue weighted by Gasteiger charge is 2.22. The first kappa shape index (κ1) is 18.8. The average Bonchev–Trinajstić information content (AvgIpc) is 3.24. The zero-order valence-corrected chi connectivity index (χ0v) is 16.5. The van der Waals surface area contributed by atoms with Crippen molar-refractivity contribution in [2.75, 3.05) is 0 Å². The van der Waals surface area contributed by atoms with Crippen LogP contribution in [-0.2, 0) is 11.2 Å². The molecule has 0 unspecified atom stereocenters. The molecule has 5 aromatic rings. The Morgan fingerprint density at radius 3 is 2.45 bits per heavy atom. The summed E-state index contributed by atoms with van der Waals surface area (Å²) in [5.74, 6) is 0.430. The lowest BCUT2D eigenvalue weighted by Gasteiger charge is -2.17. The summed E-state index contributed by atoms with van der Waals surface area (Å²) in [6.45, 7) is 0. The lowest BCUT2D eigenvalue weighted by molar-refractivity contribution is -0.121. The van der Waals surface area contributed by atoms with Crippen LogP contribution in [0.25, 0.3) is 21.7 Å². The molecule has 2 heterocycles. The third kappa shape index (κ3) is 3.71. The Balaban J connectivity index is 1.48. The fourth-order valence-corrected chi connectivity index (χ4v) is 3.78. The van der Waals surface area contributed by atoms with Crippen molar-refractivity contribution >= 4 is 27.6 Å². The first-order chi connectivity index (χ1) is 15.2. The normalized spacial score (nSPS) is 12.1. The molecule has 0 aliphatic heterocycles. The van der Waals surface area contributed by atoms with Gasteiger partial charge in [0.05, 0.1) is 17.5 Å². The number of aromatic nitrogens is 2.